The Hall–Kier alpha value is -2.82. The number of rotatable bonds is 4. The molecule has 25 heavy (non-hydrogen) atoms. The molecule has 0 spiro atoms. The summed E-state index contributed by atoms with van der Waals surface area (Å²) in [7, 11) is 1.59. The molecule has 1 aliphatic rings. The molecule has 5 nitrogen and oxygen atoms in total. The summed E-state index contributed by atoms with van der Waals surface area (Å²) in [6, 6.07) is 13.8. The van der Waals surface area contributed by atoms with Gasteiger partial charge >= 0.3 is 6.03 Å². The fourth-order valence-corrected chi connectivity index (χ4v) is 3.09. The largest absolute Gasteiger partial charge is 0.497 e. The number of nitrogens with zero attached hydrogens (tertiary/aromatic N) is 2. The molecule has 1 aliphatic heterocycles. The summed E-state index contributed by atoms with van der Waals surface area (Å²) in [5.74, 6) is 0.506. The van der Waals surface area contributed by atoms with Crippen LogP contribution in [0.3, 0.4) is 0 Å². The second kappa shape index (κ2) is 6.59. The molecule has 130 valence electrons. The molecule has 0 saturated carbocycles. The first kappa shape index (κ1) is 17.0. The molecule has 3 amide bonds. The molecule has 0 bridgehead atoms. The summed E-state index contributed by atoms with van der Waals surface area (Å²) in [4.78, 5) is 28.9. The number of aryl methyl sites for hydroxylation is 1. The van der Waals surface area contributed by atoms with Crippen molar-refractivity contribution in [2.45, 2.75) is 26.8 Å². The zero-order valence-corrected chi connectivity index (χ0v) is 14.9. The van der Waals surface area contributed by atoms with Crippen LogP contribution in [-0.2, 0) is 4.79 Å². The number of carbonyl (C=O) groups excluding carboxylic acids is 2. The van der Waals surface area contributed by atoms with Crippen molar-refractivity contribution in [3.05, 3.63) is 54.1 Å². The monoisotopic (exact) mass is 338 g/mol. The number of anilines is 2. The number of carbonyl (C=O) groups is 2. The molecule has 0 aromatic heterocycles. The highest BCUT2D eigenvalue weighted by atomic mass is 16.5. The minimum atomic E-state index is -0.526. The maximum atomic E-state index is 13.1. The molecule has 1 fully saturated rings. The van der Waals surface area contributed by atoms with Gasteiger partial charge in [-0.05, 0) is 49.2 Å². The van der Waals surface area contributed by atoms with Gasteiger partial charge in [0, 0.05) is 5.69 Å². The van der Waals surface area contributed by atoms with Gasteiger partial charge in [0.15, 0.2) is 0 Å². The molecular weight excluding hydrogens is 316 g/mol. The van der Waals surface area contributed by atoms with Crippen molar-refractivity contribution in [3.63, 3.8) is 0 Å². The highest BCUT2D eigenvalue weighted by Gasteiger charge is 2.47. The lowest BCUT2D eigenvalue weighted by molar-refractivity contribution is -0.118. The number of amides is 3. The van der Waals surface area contributed by atoms with Crippen molar-refractivity contribution >= 4 is 23.3 Å². The van der Waals surface area contributed by atoms with Crippen molar-refractivity contribution in [1.29, 1.82) is 0 Å². The van der Waals surface area contributed by atoms with Crippen LogP contribution in [0.15, 0.2) is 48.5 Å². The van der Waals surface area contributed by atoms with Crippen LogP contribution < -0.4 is 14.5 Å². The predicted molar refractivity (Wildman–Crippen MR) is 98.2 cm³/mol. The summed E-state index contributed by atoms with van der Waals surface area (Å²) < 4.78 is 5.17. The van der Waals surface area contributed by atoms with Gasteiger partial charge in [0.05, 0.1) is 12.8 Å². The third-order valence-corrected chi connectivity index (χ3v) is 4.42. The summed E-state index contributed by atoms with van der Waals surface area (Å²) in [5, 5.41) is 0. The molecule has 2 aromatic rings. The number of urea groups is 1. The fourth-order valence-electron chi connectivity index (χ4n) is 3.09. The average Bonchev–Trinajstić information content (AvgIpc) is 2.87. The van der Waals surface area contributed by atoms with Gasteiger partial charge in [-0.3, -0.25) is 9.69 Å². The van der Waals surface area contributed by atoms with Crippen LogP contribution in [0.1, 0.15) is 19.4 Å². The van der Waals surface area contributed by atoms with E-state index in [-0.39, 0.29) is 17.9 Å². The Bertz CT molecular complexity index is 782. The SMILES string of the molecule is COc1ccc(N2C(=O)N(c3ccc(C)cc3)C(=O)C2C(C)C)cc1. The van der Waals surface area contributed by atoms with E-state index in [0.29, 0.717) is 17.1 Å². The van der Waals surface area contributed by atoms with Crippen LogP contribution >= 0.6 is 0 Å². The van der Waals surface area contributed by atoms with Crippen molar-refractivity contribution in [2.75, 3.05) is 16.9 Å². The standard InChI is InChI=1S/C20H22N2O3/c1-13(2)18-19(23)22(16-7-5-14(3)6-8-16)20(24)21(18)15-9-11-17(25-4)12-10-15/h5-13,18H,1-4H3. The molecule has 1 saturated heterocycles. The molecule has 1 atom stereocenters. The van der Waals surface area contributed by atoms with Crippen molar-refractivity contribution in [2.24, 2.45) is 5.92 Å². The number of imide groups is 1. The molecule has 0 N–H and O–H groups in total. The molecule has 3 rings (SSSR count). The lowest BCUT2D eigenvalue weighted by atomic mass is 10.0. The topological polar surface area (TPSA) is 49.9 Å². The molecule has 1 heterocycles. The van der Waals surface area contributed by atoms with Gasteiger partial charge in [-0.25, -0.2) is 9.69 Å². The average molecular weight is 338 g/mol. The highest BCUT2D eigenvalue weighted by Crippen LogP contribution is 2.33. The maximum Gasteiger partial charge on any atom is 0.336 e. The van der Waals surface area contributed by atoms with E-state index >= 15 is 0 Å². The van der Waals surface area contributed by atoms with Crippen LogP contribution in [0.4, 0.5) is 16.2 Å². The molecule has 0 aliphatic carbocycles. The summed E-state index contributed by atoms with van der Waals surface area (Å²) in [6.45, 7) is 5.87. The van der Waals surface area contributed by atoms with Gasteiger partial charge in [0.1, 0.15) is 11.8 Å². The van der Waals surface area contributed by atoms with E-state index in [9.17, 15) is 9.59 Å². The Morgan fingerprint density at radius 2 is 1.48 bits per heavy atom. The quantitative estimate of drug-likeness (QED) is 0.792. The van der Waals surface area contributed by atoms with Gasteiger partial charge in [0.25, 0.3) is 5.91 Å². The van der Waals surface area contributed by atoms with E-state index in [0.717, 1.165) is 5.56 Å². The number of methoxy groups -OCH3 is 1. The maximum absolute atomic E-state index is 13.1. The summed E-state index contributed by atoms with van der Waals surface area (Å²) in [5.41, 5.74) is 2.37. The smallest absolute Gasteiger partial charge is 0.336 e. The lowest BCUT2D eigenvalue weighted by Crippen LogP contribution is -2.38. The van der Waals surface area contributed by atoms with Crippen LogP contribution in [0, 0.1) is 12.8 Å². The second-order valence-corrected chi connectivity index (χ2v) is 6.55. The van der Waals surface area contributed by atoms with Crippen LogP contribution in [0.25, 0.3) is 0 Å². The van der Waals surface area contributed by atoms with Gasteiger partial charge in [-0.15, -0.1) is 0 Å². The Labute approximate surface area is 147 Å². The molecule has 0 radical (unpaired) electrons. The third kappa shape index (κ3) is 2.97. The van der Waals surface area contributed by atoms with Crippen molar-refractivity contribution in [3.8, 4) is 5.75 Å². The Morgan fingerprint density at radius 1 is 0.920 bits per heavy atom. The normalized spacial score (nSPS) is 17.6. The lowest BCUT2D eigenvalue weighted by Gasteiger charge is -2.24. The third-order valence-electron chi connectivity index (χ3n) is 4.42. The second-order valence-electron chi connectivity index (χ2n) is 6.55. The molecule has 5 heteroatoms. The van der Waals surface area contributed by atoms with Gasteiger partial charge in [-0.2, -0.15) is 0 Å². The van der Waals surface area contributed by atoms with Crippen LogP contribution in [0.2, 0.25) is 0 Å². The first-order valence-electron chi connectivity index (χ1n) is 8.32. The van der Waals surface area contributed by atoms with E-state index in [4.69, 9.17) is 4.74 Å². The number of hydrogen-bond acceptors (Lipinski definition) is 3. The van der Waals surface area contributed by atoms with Gasteiger partial charge < -0.3 is 4.74 Å². The van der Waals surface area contributed by atoms with Crippen LogP contribution in [-0.4, -0.2) is 25.1 Å². The Balaban J connectivity index is 2.02. The van der Waals surface area contributed by atoms with Gasteiger partial charge in [-0.1, -0.05) is 31.5 Å². The van der Waals surface area contributed by atoms with E-state index in [2.05, 4.69) is 0 Å². The van der Waals surface area contributed by atoms with E-state index < -0.39 is 6.04 Å². The van der Waals surface area contributed by atoms with E-state index in [1.165, 1.54) is 4.90 Å². The van der Waals surface area contributed by atoms with Crippen molar-refractivity contribution in [1.82, 2.24) is 0 Å². The number of ether oxygens (including phenoxy) is 1. The van der Waals surface area contributed by atoms with Gasteiger partial charge in [0.2, 0.25) is 0 Å². The van der Waals surface area contributed by atoms with Crippen molar-refractivity contribution < 1.29 is 14.3 Å². The molecule has 2 aromatic carbocycles. The first-order chi connectivity index (χ1) is 11.9. The first-order valence-corrected chi connectivity index (χ1v) is 8.32. The predicted octanol–water partition coefficient (Wildman–Crippen LogP) is 4.00. The molecule has 1 unspecified atom stereocenters. The summed E-state index contributed by atoms with van der Waals surface area (Å²) >= 11 is 0. The Kier molecular flexibility index (Phi) is 4.49. The Morgan fingerprint density at radius 3 is 2.00 bits per heavy atom. The zero-order valence-electron chi connectivity index (χ0n) is 14.9. The van der Waals surface area contributed by atoms with E-state index in [1.54, 1.807) is 48.4 Å². The zero-order chi connectivity index (χ0) is 18.1. The number of hydrogen-bond donors (Lipinski definition) is 0. The molecular formula is C20H22N2O3. The minimum Gasteiger partial charge on any atom is -0.497 e. The van der Waals surface area contributed by atoms with Crippen LogP contribution in [0.5, 0.6) is 5.75 Å². The van der Waals surface area contributed by atoms with E-state index in [1.807, 2.05) is 32.9 Å². The minimum absolute atomic E-state index is 0.00556. The number of benzene rings is 2. The highest BCUT2D eigenvalue weighted by molar-refractivity contribution is 6.28. The fraction of sp³-hybridized carbons (Fsp3) is 0.300. The summed E-state index contributed by atoms with van der Waals surface area (Å²) in [6.07, 6.45) is 0.